The van der Waals surface area contributed by atoms with Crippen LogP contribution in [0.25, 0.3) is 22.1 Å². The molecular weight excluding hydrogens is 324 g/mol. The Labute approximate surface area is 141 Å². The van der Waals surface area contributed by atoms with Gasteiger partial charge >= 0.3 is 0 Å². The highest BCUT2D eigenvalue weighted by molar-refractivity contribution is 7.15. The molecule has 0 radical (unpaired) electrons. The van der Waals surface area contributed by atoms with E-state index in [0.29, 0.717) is 15.2 Å². The average Bonchev–Trinajstić information content (AvgIpc) is 3.08. The van der Waals surface area contributed by atoms with Gasteiger partial charge in [0, 0.05) is 0 Å². The SMILES string of the molecule is COc1cc(C=c2sc3nc4c(C)cccc4n3c2=O)ccc1O. The molecule has 0 aliphatic heterocycles. The van der Waals surface area contributed by atoms with Crippen LogP contribution < -0.4 is 14.8 Å². The molecule has 0 unspecified atom stereocenters. The summed E-state index contributed by atoms with van der Waals surface area (Å²) in [5.41, 5.74) is 3.44. The fourth-order valence-corrected chi connectivity index (χ4v) is 3.74. The lowest BCUT2D eigenvalue weighted by Crippen LogP contribution is -2.22. The largest absolute Gasteiger partial charge is 0.504 e. The van der Waals surface area contributed by atoms with E-state index in [4.69, 9.17) is 4.74 Å². The third-order valence-corrected chi connectivity index (χ3v) is 4.94. The summed E-state index contributed by atoms with van der Waals surface area (Å²) in [5.74, 6) is 0.443. The summed E-state index contributed by atoms with van der Waals surface area (Å²) in [6.07, 6.45) is 1.78. The molecule has 2 aromatic carbocycles. The molecular formula is C18H14N2O3S. The number of phenols is 1. The van der Waals surface area contributed by atoms with Crippen molar-refractivity contribution in [2.45, 2.75) is 6.92 Å². The first-order valence-electron chi connectivity index (χ1n) is 7.38. The molecule has 120 valence electrons. The smallest absolute Gasteiger partial charge is 0.274 e. The number of nitrogens with zero attached hydrogens (tertiary/aromatic N) is 2. The molecule has 0 fully saturated rings. The lowest BCUT2D eigenvalue weighted by molar-refractivity contribution is 0.373. The summed E-state index contributed by atoms with van der Waals surface area (Å²) in [5, 5.41) is 9.67. The van der Waals surface area contributed by atoms with Crippen molar-refractivity contribution in [3.8, 4) is 11.5 Å². The Morgan fingerprint density at radius 1 is 1.29 bits per heavy atom. The molecule has 0 aliphatic carbocycles. The third-order valence-electron chi connectivity index (χ3n) is 3.97. The van der Waals surface area contributed by atoms with Crippen LogP contribution in [0, 0.1) is 6.92 Å². The maximum atomic E-state index is 12.8. The quantitative estimate of drug-likeness (QED) is 0.610. The van der Waals surface area contributed by atoms with E-state index in [1.54, 1.807) is 28.7 Å². The van der Waals surface area contributed by atoms with Gasteiger partial charge in [0.05, 0.1) is 22.7 Å². The lowest BCUT2D eigenvalue weighted by atomic mass is 10.2. The third kappa shape index (κ3) is 2.15. The predicted molar refractivity (Wildman–Crippen MR) is 95.0 cm³/mol. The summed E-state index contributed by atoms with van der Waals surface area (Å²) < 4.78 is 7.35. The predicted octanol–water partition coefficient (Wildman–Crippen LogP) is 2.48. The molecule has 0 amide bonds. The first-order valence-corrected chi connectivity index (χ1v) is 8.19. The summed E-state index contributed by atoms with van der Waals surface area (Å²) in [6.45, 7) is 1.99. The molecule has 0 atom stereocenters. The monoisotopic (exact) mass is 338 g/mol. The van der Waals surface area contributed by atoms with Crippen molar-refractivity contribution in [1.82, 2.24) is 9.38 Å². The highest BCUT2D eigenvalue weighted by Gasteiger charge is 2.12. The Hall–Kier alpha value is -2.86. The number of thiazole rings is 1. The number of phenolic OH excluding ortho intramolecular Hbond substituents is 1. The molecule has 0 saturated heterocycles. The number of rotatable bonds is 2. The van der Waals surface area contributed by atoms with Gasteiger partial charge in [-0.15, -0.1) is 0 Å². The number of hydrogen-bond acceptors (Lipinski definition) is 5. The average molecular weight is 338 g/mol. The zero-order valence-corrected chi connectivity index (χ0v) is 13.9. The van der Waals surface area contributed by atoms with Gasteiger partial charge in [-0.3, -0.25) is 4.79 Å². The normalized spacial score (nSPS) is 12.3. The second-order valence-corrected chi connectivity index (χ2v) is 6.53. The van der Waals surface area contributed by atoms with Crippen LogP contribution in [0.5, 0.6) is 11.5 Å². The Balaban J connectivity index is 1.96. The van der Waals surface area contributed by atoms with Crippen LogP contribution in [-0.4, -0.2) is 21.6 Å². The van der Waals surface area contributed by atoms with Crippen molar-refractivity contribution < 1.29 is 9.84 Å². The Kier molecular flexibility index (Phi) is 3.28. The number of ether oxygens (including phenoxy) is 1. The zero-order chi connectivity index (χ0) is 16.8. The topological polar surface area (TPSA) is 63.8 Å². The minimum Gasteiger partial charge on any atom is -0.504 e. The maximum Gasteiger partial charge on any atom is 0.274 e. The van der Waals surface area contributed by atoms with E-state index in [2.05, 4.69) is 4.98 Å². The number of aryl methyl sites for hydroxylation is 1. The van der Waals surface area contributed by atoms with Crippen molar-refractivity contribution in [2.75, 3.05) is 7.11 Å². The Morgan fingerprint density at radius 2 is 2.12 bits per heavy atom. The van der Waals surface area contributed by atoms with E-state index in [1.165, 1.54) is 18.4 Å². The van der Waals surface area contributed by atoms with Crippen LogP contribution in [0.3, 0.4) is 0 Å². The molecule has 4 aromatic rings. The zero-order valence-electron chi connectivity index (χ0n) is 13.1. The minimum atomic E-state index is -0.0878. The lowest BCUT2D eigenvalue weighted by Gasteiger charge is -2.03. The number of fused-ring (bicyclic) bond motifs is 3. The van der Waals surface area contributed by atoms with Crippen molar-refractivity contribution in [1.29, 1.82) is 0 Å². The molecule has 0 aliphatic rings. The van der Waals surface area contributed by atoms with Crippen LogP contribution in [0.2, 0.25) is 0 Å². The van der Waals surface area contributed by atoms with E-state index in [-0.39, 0.29) is 11.3 Å². The number of methoxy groups -OCH3 is 1. The van der Waals surface area contributed by atoms with Gasteiger partial charge in [-0.25, -0.2) is 9.38 Å². The van der Waals surface area contributed by atoms with E-state index in [9.17, 15) is 9.90 Å². The van der Waals surface area contributed by atoms with Crippen LogP contribution >= 0.6 is 11.3 Å². The molecule has 24 heavy (non-hydrogen) atoms. The fourth-order valence-electron chi connectivity index (χ4n) is 2.76. The van der Waals surface area contributed by atoms with Crippen molar-refractivity contribution >= 4 is 33.4 Å². The van der Waals surface area contributed by atoms with E-state index >= 15 is 0 Å². The van der Waals surface area contributed by atoms with Gasteiger partial charge in [0.25, 0.3) is 5.56 Å². The standard InChI is InChI=1S/C18H14N2O3S/c1-10-4-3-5-12-16(10)19-18-20(12)17(22)15(24-18)9-11-6-7-13(21)14(8-11)23-2/h3-9,21H,1-2H3. The van der Waals surface area contributed by atoms with Gasteiger partial charge in [0.15, 0.2) is 16.5 Å². The second kappa shape index (κ2) is 5.35. The van der Waals surface area contributed by atoms with Gasteiger partial charge in [-0.2, -0.15) is 0 Å². The molecule has 1 N–H and O–H groups in total. The highest BCUT2D eigenvalue weighted by Crippen LogP contribution is 2.26. The van der Waals surface area contributed by atoms with E-state index in [0.717, 1.165) is 22.2 Å². The van der Waals surface area contributed by atoms with Gasteiger partial charge in [0.1, 0.15) is 0 Å². The maximum absolute atomic E-state index is 12.8. The summed E-state index contributed by atoms with van der Waals surface area (Å²) in [7, 11) is 1.49. The van der Waals surface area contributed by atoms with Crippen LogP contribution in [0.4, 0.5) is 0 Å². The first-order chi connectivity index (χ1) is 11.6. The fraction of sp³-hybridized carbons (Fsp3) is 0.111. The molecule has 2 aromatic heterocycles. The number of benzene rings is 2. The molecule has 2 heterocycles. The molecule has 4 rings (SSSR count). The second-order valence-electron chi connectivity index (χ2n) is 5.52. The number of para-hydroxylation sites is 1. The van der Waals surface area contributed by atoms with E-state index in [1.807, 2.05) is 25.1 Å². The summed E-state index contributed by atoms with van der Waals surface area (Å²) in [4.78, 5) is 18.0. The Bertz CT molecular complexity index is 1190. The van der Waals surface area contributed by atoms with Crippen molar-refractivity contribution in [2.24, 2.45) is 0 Å². The minimum absolute atomic E-state index is 0.0689. The van der Waals surface area contributed by atoms with Crippen molar-refractivity contribution in [3.05, 3.63) is 62.4 Å². The van der Waals surface area contributed by atoms with Gasteiger partial charge in [-0.05, 0) is 42.3 Å². The number of imidazole rings is 1. The van der Waals surface area contributed by atoms with Gasteiger partial charge in [-0.1, -0.05) is 29.5 Å². The summed E-state index contributed by atoms with van der Waals surface area (Å²) in [6, 6.07) is 10.8. The van der Waals surface area contributed by atoms with Gasteiger partial charge < -0.3 is 9.84 Å². The highest BCUT2D eigenvalue weighted by atomic mass is 32.1. The molecule has 6 heteroatoms. The van der Waals surface area contributed by atoms with Gasteiger partial charge in [0.2, 0.25) is 0 Å². The first kappa shape index (κ1) is 14.7. The van der Waals surface area contributed by atoms with Crippen LogP contribution in [0.1, 0.15) is 11.1 Å². The molecule has 0 spiro atoms. The molecule has 5 nitrogen and oxygen atoms in total. The Morgan fingerprint density at radius 3 is 2.92 bits per heavy atom. The van der Waals surface area contributed by atoms with Crippen molar-refractivity contribution in [3.63, 3.8) is 0 Å². The molecule has 0 bridgehead atoms. The van der Waals surface area contributed by atoms with Crippen LogP contribution in [0.15, 0.2) is 41.2 Å². The number of aromatic hydroxyl groups is 1. The number of hydrogen-bond donors (Lipinski definition) is 1. The van der Waals surface area contributed by atoms with Crippen LogP contribution in [-0.2, 0) is 0 Å². The molecule has 0 saturated carbocycles. The number of aromatic nitrogens is 2. The van der Waals surface area contributed by atoms with E-state index < -0.39 is 0 Å². The summed E-state index contributed by atoms with van der Waals surface area (Å²) >= 11 is 1.35.